The number of aliphatic hydroxyl groups excluding tert-OH is 1. The van der Waals surface area contributed by atoms with Gasteiger partial charge in [-0.1, -0.05) is 0 Å². The van der Waals surface area contributed by atoms with Gasteiger partial charge in [0, 0.05) is 7.11 Å². The van der Waals surface area contributed by atoms with Crippen molar-refractivity contribution in [3.8, 4) is 0 Å². The molecule has 0 bridgehead atoms. The Labute approximate surface area is 68.3 Å². The Hall–Kier alpha value is -0.120. The van der Waals surface area contributed by atoms with Gasteiger partial charge in [-0.05, 0) is 20.8 Å². The van der Waals surface area contributed by atoms with E-state index in [1.165, 1.54) is 0 Å². The van der Waals surface area contributed by atoms with Gasteiger partial charge in [-0.3, -0.25) is 0 Å². The summed E-state index contributed by atoms with van der Waals surface area (Å²) in [4.78, 5) is 0. The molecule has 11 heavy (non-hydrogen) atoms. The maximum absolute atomic E-state index is 9.16. The van der Waals surface area contributed by atoms with Crippen LogP contribution in [0.25, 0.3) is 0 Å². The van der Waals surface area contributed by atoms with Crippen molar-refractivity contribution in [2.45, 2.75) is 32.5 Å². The molecule has 0 radical (unpaired) electrons. The smallest absolute Gasteiger partial charge is 0.101 e. The summed E-state index contributed by atoms with van der Waals surface area (Å²) in [6.45, 7) is 6.51. The minimum atomic E-state index is -0.515. The van der Waals surface area contributed by atoms with Crippen LogP contribution in [0.5, 0.6) is 0 Å². The van der Waals surface area contributed by atoms with E-state index in [-0.39, 0.29) is 5.60 Å². The zero-order valence-corrected chi connectivity index (χ0v) is 7.76. The van der Waals surface area contributed by atoms with Crippen LogP contribution < -0.4 is 0 Å². The molecule has 1 N–H and O–H groups in total. The Kier molecular flexibility index (Phi) is 4.65. The SMILES string of the molecule is COC[C@@H](O)COC(C)(C)C. The van der Waals surface area contributed by atoms with Crippen molar-refractivity contribution in [1.29, 1.82) is 0 Å². The average Bonchev–Trinajstić information content (AvgIpc) is 1.83. The van der Waals surface area contributed by atoms with Crippen molar-refractivity contribution in [2.24, 2.45) is 0 Å². The highest BCUT2D eigenvalue weighted by Gasteiger charge is 2.12. The van der Waals surface area contributed by atoms with Crippen molar-refractivity contribution >= 4 is 0 Å². The number of rotatable bonds is 4. The van der Waals surface area contributed by atoms with E-state index in [2.05, 4.69) is 0 Å². The van der Waals surface area contributed by atoms with Gasteiger partial charge in [0.2, 0.25) is 0 Å². The van der Waals surface area contributed by atoms with Gasteiger partial charge in [-0.2, -0.15) is 0 Å². The highest BCUT2D eigenvalue weighted by atomic mass is 16.5. The van der Waals surface area contributed by atoms with Gasteiger partial charge < -0.3 is 14.6 Å². The Bertz CT molecular complexity index is 96.0. The first-order valence-electron chi connectivity index (χ1n) is 3.76. The fourth-order valence-corrected chi connectivity index (χ4v) is 0.587. The van der Waals surface area contributed by atoms with Crippen molar-refractivity contribution in [2.75, 3.05) is 20.3 Å². The highest BCUT2D eigenvalue weighted by molar-refractivity contribution is 4.61. The fourth-order valence-electron chi connectivity index (χ4n) is 0.587. The number of ether oxygens (including phenoxy) is 2. The largest absolute Gasteiger partial charge is 0.388 e. The monoisotopic (exact) mass is 162 g/mol. The molecule has 0 aliphatic carbocycles. The molecule has 3 nitrogen and oxygen atoms in total. The van der Waals surface area contributed by atoms with Crippen LogP contribution in [0.1, 0.15) is 20.8 Å². The average molecular weight is 162 g/mol. The molecule has 0 aliphatic rings. The van der Waals surface area contributed by atoms with Crippen LogP contribution >= 0.6 is 0 Å². The van der Waals surface area contributed by atoms with Crippen LogP contribution in [0.4, 0.5) is 0 Å². The summed E-state index contributed by atoms with van der Waals surface area (Å²) in [6, 6.07) is 0. The minimum Gasteiger partial charge on any atom is -0.388 e. The molecule has 0 saturated heterocycles. The minimum absolute atomic E-state index is 0.186. The van der Waals surface area contributed by atoms with Gasteiger partial charge in [-0.15, -0.1) is 0 Å². The second-order valence-electron chi connectivity index (χ2n) is 3.53. The lowest BCUT2D eigenvalue weighted by Crippen LogP contribution is -2.28. The predicted octanol–water partition coefficient (Wildman–Crippen LogP) is 0.809. The summed E-state index contributed by atoms with van der Waals surface area (Å²) in [5.74, 6) is 0. The quantitative estimate of drug-likeness (QED) is 0.664. The first kappa shape index (κ1) is 10.9. The molecule has 0 saturated carbocycles. The number of aliphatic hydroxyl groups is 1. The third-order valence-corrected chi connectivity index (χ3v) is 1.07. The summed E-state index contributed by atoms with van der Waals surface area (Å²) in [7, 11) is 1.56. The molecule has 0 aromatic carbocycles. The Morgan fingerprint density at radius 1 is 1.27 bits per heavy atom. The highest BCUT2D eigenvalue weighted by Crippen LogP contribution is 2.06. The Morgan fingerprint density at radius 3 is 2.18 bits per heavy atom. The van der Waals surface area contributed by atoms with Crippen LogP contribution in [0.15, 0.2) is 0 Å². The topological polar surface area (TPSA) is 38.7 Å². The van der Waals surface area contributed by atoms with E-state index in [1.54, 1.807) is 7.11 Å². The molecule has 0 heterocycles. The third kappa shape index (κ3) is 7.78. The predicted molar refractivity (Wildman–Crippen MR) is 43.6 cm³/mol. The molecule has 0 amide bonds. The van der Waals surface area contributed by atoms with Gasteiger partial charge in [0.25, 0.3) is 0 Å². The van der Waals surface area contributed by atoms with Crippen LogP contribution in [0, 0.1) is 0 Å². The van der Waals surface area contributed by atoms with E-state index in [0.717, 1.165) is 0 Å². The summed E-state index contributed by atoms with van der Waals surface area (Å²) < 4.78 is 10.1. The second kappa shape index (κ2) is 4.70. The summed E-state index contributed by atoms with van der Waals surface area (Å²) >= 11 is 0. The molecule has 0 aromatic heterocycles. The van der Waals surface area contributed by atoms with Crippen LogP contribution in [0.2, 0.25) is 0 Å². The van der Waals surface area contributed by atoms with Crippen molar-refractivity contribution in [3.63, 3.8) is 0 Å². The Morgan fingerprint density at radius 2 is 1.82 bits per heavy atom. The van der Waals surface area contributed by atoms with Crippen LogP contribution in [-0.2, 0) is 9.47 Å². The lowest BCUT2D eigenvalue weighted by atomic mass is 10.2. The molecule has 0 fully saturated rings. The van der Waals surface area contributed by atoms with E-state index in [1.807, 2.05) is 20.8 Å². The second-order valence-corrected chi connectivity index (χ2v) is 3.53. The zero-order chi connectivity index (χ0) is 8.91. The molecular formula is C8H18O3. The van der Waals surface area contributed by atoms with Gasteiger partial charge in [0.1, 0.15) is 6.10 Å². The normalized spacial score (nSPS) is 15.0. The van der Waals surface area contributed by atoms with Gasteiger partial charge in [0.05, 0.1) is 18.8 Å². The van der Waals surface area contributed by atoms with E-state index >= 15 is 0 Å². The number of methoxy groups -OCH3 is 1. The number of hydrogen-bond donors (Lipinski definition) is 1. The van der Waals surface area contributed by atoms with E-state index in [9.17, 15) is 0 Å². The molecule has 3 heteroatoms. The first-order chi connectivity index (χ1) is 4.95. The van der Waals surface area contributed by atoms with Crippen LogP contribution in [0.3, 0.4) is 0 Å². The van der Waals surface area contributed by atoms with Gasteiger partial charge in [0.15, 0.2) is 0 Å². The summed E-state index contributed by atoms with van der Waals surface area (Å²) in [6.07, 6.45) is -0.515. The molecule has 1 atom stereocenters. The first-order valence-corrected chi connectivity index (χ1v) is 3.76. The molecular weight excluding hydrogens is 144 g/mol. The fraction of sp³-hybridized carbons (Fsp3) is 1.00. The molecule has 0 aromatic rings. The third-order valence-electron chi connectivity index (χ3n) is 1.07. The van der Waals surface area contributed by atoms with Crippen molar-refractivity contribution in [3.05, 3.63) is 0 Å². The standard InChI is InChI=1S/C8H18O3/c1-8(2,3)11-6-7(9)5-10-4/h7,9H,5-6H2,1-4H3/t7-/m1/s1. The molecule has 68 valence electrons. The Balaban J connectivity index is 3.38. The summed E-state index contributed by atoms with van der Waals surface area (Å²) in [5.41, 5.74) is -0.186. The zero-order valence-electron chi connectivity index (χ0n) is 7.76. The molecule has 0 unspecified atom stereocenters. The van der Waals surface area contributed by atoms with E-state index in [4.69, 9.17) is 14.6 Å². The summed E-state index contributed by atoms with van der Waals surface area (Å²) in [5, 5.41) is 9.16. The van der Waals surface area contributed by atoms with Crippen LogP contribution in [-0.4, -0.2) is 37.1 Å². The van der Waals surface area contributed by atoms with Crippen molar-refractivity contribution < 1.29 is 14.6 Å². The number of hydrogen-bond acceptors (Lipinski definition) is 3. The molecule has 0 rings (SSSR count). The van der Waals surface area contributed by atoms with E-state index in [0.29, 0.717) is 13.2 Å². The van der Waals surface area contributed by atoms with Gasteiger partial charge >= 0.3 is 0 Å². The van der Waals surface area contributed by atoms with Crippen molar-refractivity contribution in [1.82, 2.24) is 0 Å². The molecule has 0 aliphatic heterocycles. The lowest BCUT2D eigenvalue weighted by molar-refractivity contribution is -0.0661. The lowest BCUT2D eigenvalue weighted by Gasteiger charge is -2.21. The van der Waals surface area contributed by atoms with E-state index < -0.39 is 6.10 Å². The molecule has 0 spiro atoms. The van der Waals surface area contributed by atoms with Gasteiger partial charge in [-0.25, -0.2) is 0 Å². The maximum atomic E-state index is 9.16. The maximum Gasteiger partial charge on any atom is 0.101 e.